The molecule has 2 aromatic carbocycles. The molecule has 2 aromatic rings. The zero-order chi connectivity index (χ0) is 13.8. The number of anilines is 1. The number of rotatable bonds is 4. The van der Waals surface area contributed by atoms with Crippen molar-refractivity contribution >= 4 is 28.9 Å². The number of benzene rings is 2. The number of nitrogen functional groups attached to an aromatic ring is 1. The first kappa shape index (κ1) is 13.8. The lowest BCUT2D eigenvalue weighted by Crippen LogP contribution is -1.98. The Kier molecular flexibility index (Phi) is 4.40. The predicted molar refractivity (Wildman–Crippen MR) is 78.2 cm³/mol. The summed E-state index contributed by atoms with van der Waals surface area (Å²) >= 11 is 11.8. The smallest absolute Gasteiger partial charge is 0.122 e. The molecule has 0 aliphatic heterocycles. The molecule has 0 saturated heterocycles. The molecule has 5 heteroatoms. The molecule has 0 unspecified atom stereocenters. The number of nitrogens with two attached hydrogens (primary N) is 1. The molecule has 0 heterocycles. The fourth-order valence-electron chi connectivity index (χ4n) is 1.67. The molecule has 3 nitrogen and oxygen atoms in total. The molecule has 0 saturated carbocycles. The molecule has 100 valence electrons. The first-order valence-electron chi connectivity index (χ1n) is 5.59. The first-order chi connectivity index (χ1) is 9.06. The first-order valence-corrected chi connectivity index (χ1v) is 6.35. The van der Waals surface area contributed by atoms with Crippen molar-refractivity contribution in [3.05, 3.63) is 52.0 Å². The molecule has 0 bridgehead atoms. The molecule has 0 aliphatic carbocycles. The minimum atomic E-state index is 0.359. The van der Waals surface area contributed by atoms with Gasteiger partial charge in [-0.1, -0.05) is 23.2 Å². The van der Waals surface area contributed by atoms with Gasteiger partial charge in [0.2, 0.25) is 0 Å². The monoisotopic (exact) mass is 297 g/mol. The van der Waals surface area contributed by atoms with Crippen LogP contribution in [0, 0.1) is 0 Å². The van der Waals surface area contributed by atoms with Crippen molar-refractivity contribution in [3.63, 3.8) is 0 Å². The van der Waals surface area contributed by atoms with Gasteiger partial charge in [-0.3, -0.25) is 0 Å². The highest BCUT2D eigenvalue weighted by molar-refractivity contribution is 6.34. The molecule has 19 heavy (non-hydrogen) atoms. The van der Waals surface area contributed by atoms with Crippen molar-refractivity contribution in [2.45, 2.75) is 6.61 Å². The molecule has 0 atom stereocenters. The van der Waals surface area contributed by atoms with Crippen molar-refractivity contribution in [2.75, 3.05) is 12.8 Å². The molecule has 2 N–H and O–H groups in total. The Labute approximate surface area is 121 Å². The summed E-state index contributed by atoms with van der Waals surface area (Å²) in [6.07, 6.45) is 0. The zero-order valence-corrected chi connectivity index (χ0v) is 11.8. The van der Waals surface area contributed by atoms with E-state index in [-0.39, 0.29) is 0 Å². The van der Waals surface area contributed by atoms with Crippen molar-refractivity contribution in [2.24, 2.45) is 0 Å². The third-order valence-electron chi connectivity index (χ3n) is 2.47. The summed E-state index contributed by atoms with van der Waals surface area (Å²) in [5.41, 5.74) is 7.31. The van der Waals surface area contributed by atoms with Gasteiger partial charge in [0.05, 0.1) is 7.11 Å². The molecule has 2 rings (SSSR count). The third kappa shape index (κ3) is 3.94. The fraction of sp³-hybridized carbons (Fsp3) is 0.143. The summed E-state index contributed by atoms with van der Waals surface area (Å²) in [6.45, 7) is 0.359. The third-order valence-corrected chi connectivity index (χ3v) is 2.90. The quantitative estimate of drug-likeness (QED) is 0.862. The number of ether oxygens (including phenoxy) is 2. The molecule has 0 radical (unpaired) electrons. The number of methoxy groups -OCH3 is 1. The SMILES string of the molecule is COc1cc(N)cc(COc2cc(Cl)cc(Cl)c2)c1. The minimum Gasteiger partial charge on any atom is -0.497 e. The Morgan fingerprint density at radius 2 is 1.63 bits per heavy atom. The lowest BCUT2D eigenvalue weighted by Gasteiger charge is -2.09. The number of hydrogen-bond donors (Lipinski definition) is 1. The van der Waals surface area contributed by atoms with E-state index in [9.17, 15) is 0 Å². The van der Waals surface area contributed by atoms with E-state index >= 15 is 0 Å². The second-order valence-corrected chi connectivity index (χ2v) is 4.88. The highest BCUT2D eigenvalue weighted by atomic mass is 35.5. The average Bonchev–Trinajstić information content (AvgIpc) is 2.34. The zero-order valence-electron chi connectivity index (χ0n) is 10.3. The average molecular weight is 298 g/mol. The molecular formula is C14H13Cl2NO2. The van der Waals surface area contributed by atoms with Gasteiger partial charge in [0.1, 0.15) is 18.1 Å². The van der Waals surface area contributed by atoms with E-state index in [4.69, 9.17) is 38.4 Å². The van der Waals surface area contributed by atoms with E-state index in [2.05, 4.69) is 0 Å². The van der Waals surface area contributed by atoms with Gasteiger partial charge in [-0.2, -0.15) is 0 Å². The summed E-state index contributed by atoms with van der Waals surface area (Å²) in [6, 6.07) is 10.5. The largest absolute Gasteiger partial charge is 0.497 e. The van der Waals surface area contributed by atoms with E-state index in [1.807, 2.05) is 12.1 Å². The van der Waals surface area contributed by atoms with Crippen LogP contribution in [-0.2, 0) is 6.61 Å². The molecular weight excluding hydrogens is 285 g/mol. The number of halogens is 2. The van der Waals surface area contributed by atoms with Crippen molar-refractivity contribution in [1.82, 2.24) is 0 Å². The molecule has 0 spiro atoms. The second kappa shape index (κ2) is 6.04. The summed E-state index contributed by atoms with van der Waals surface area (Å²) in [4.78, 5) is 0. The Bertz CT molecular complexity index is 567. The van der Waals surface area contributed by atoms with Gasteiger partial charge in [0.15, 0.2) is 0 Å². The van der Waals surface area contributed by atoms with Gasteiger partial charge in [-0.05, 0) is 35.9 Å². The van der Waals surface area contributed by atoms with Gasteiger partial charge < -0.3 is 15.2 Å². The molecule has 0 aromatic heterocycles. The van der Waals surface area contributed by atoms with Gasteiger partial charge >= 0.3 is 0 Å². The predicted octanol–water partition coefficient (Wildman–Crippen LogP) is 4.16. The van der Waals surface area contributed by atoms with E-state index in [0.717, 1.165) is 5.56 Å². The van der Waals surface area contributed by atoms with Crippen LogP contribution >= 0.6 is 23.2 Å². The number of hydrogen-bond acceptors (Lipinski definition) is 3. The normalized spacial score (nSPS) is 10.3. The maximum atomic E-state index is 5.90. The summed E-state index contributed by atoms with van der Waals surface area (Å²) < 4.78 is 10.8. The van der Waals surface area contributed by atoms with Gasteiger partial charge in [-0.15, -0.1) is 0 Å². The van der Waals surface area contributed by atoms with Crippen LogP contribution in [0.25, 0.3) is 0 Å². The molecule has 0 fully saturated rings. The van der Waals surface area contributed by atoms with Crippen LogP contribution in [0.5, 0.6) is 11.5 Å². The molecule has 0 amide bonds. The van der Waals surface area contributed by atoms with E-state index in [1.165, 1.54) is 0 Å². The van der Waals surface area contributed by atoms with Crippen molar-refractivity contribution < 1.29 is 9.47 Å². The standard InChI is InChI=1S/C14H13Cl2NO2/c1-18-13-3-9(2-12(17)7-13)8-19-14-5-10(15)4-11(16)6-14/h2-7H,8,17H2,1H3. The topological polar surface area (TPSA) is 44.5 Å². The Hall–Kier alpha value is -1.58. The highest BCUT2D eigenvalue weighted by Gasteiger charge is 2.03. The maximum absolute atomic E-state index is 5.90. The lowest BCUT2D eigenvalue weighted by atomic mass is 10.2. The van der Waals surface area contributed by atoms with Crippen LogP contribution < -0.4 is 15.2 Å². The van der Waals surface area contributed by atoms with Gasteiger partial charge in [0.25, 0.3) is 0 Å². The van der Waals surface area contributed by atoms with E-state index in [1.54, 1.807) is 31.4 Å². The van der Waals surface area contributed by atoms with Crippen LogP contribution in [0.2, 0.25) is 10.0 Å². The lowest BCUT2D eigenvalue weighted by molar-refractivity contribution is 0.305. The highest BCUT2D eigenvalue weighted by Crippen LogP contribution is 2.25. The Morgan fingerprint density at radius 3 is 2.26 bits per heavy atom. The maximum Gasteiger partial charge on any atom is 0.122 e. The summed E-state index contributed by atoms with van der Waals surface area (Å²) in [7, 11) is 1.59. The van der Waals surface area contributed by atoms with Crippen LogP contribution in [0.3, 0.4) is 0 Å². The summed E-state index contributed by atoms with van der Waals surface area (Å²) in [5, 5.41) is 1.07. The van der Waals surface area contributed by atoms with E-state index in [0.29, 0.717) is 33.8 Å². The minimum absolute atomic E-state index is 0.359. The van der Waals surface area contributed by atoms with Crippen LogP contribution in [0.1, 0.15) is 5.56 Å². The van der Waals surface area contributed by atoms with E-state index < -0.39 is 0 Å². The Balaban J connectivity index is 2.11. The summed E-state index contributed by atoms with van der Waals surface area (Å²) in [5.74, 6) is 1.31. The van der Waals surface area contributed by atoms with Crippen LogP contribution in [-0.4, -0.2) is 7.11 Å². The molecule has 0 aliphatic rings. The van der Waals surface area contributed by atoms with Crippen molar-refractivity contribution in [3.8, 4) is 11.5 Å². The Morgan fingerprint density at radius 1 is 0.947 bits per heavy atom. The van der Waals surface area contributed by atoms with Crippen LogP contribution in [0.15, 0.2) is 36.4 Å². The fourth-order valence-corrected chi connectivity index (χ4v) is 2.17. The van der Waals surface area contributed by atoms with Crippen molar-refractivity contribution in [1.29, 1.82) is 0 Å². The van der Waals surface area contributed by atoms with Gasteiger partial charge in [0, 0.05) is 21.8 Å². The van der Waals surface area contributed by atoms with Crippen LogP contribution in [0.4, 0.5) is 5.69 Å². The van der Waals surface area contributed by atoms with Gasteiger partial charge in [-0.25, -0.2) is 0 Å². The second-order valence-electron chi connectivity index (χ2n) is 4.01.